The molecule has 0 saturated heterocycles. The maximum Gasteiger partial charge on any atom is 0.325 e. The first-order chi connectivity index (χ1) is 17.4. The minimum Gasteiger partial charge on any atom is -0.493 e. The van der Waals surface area contributed by atoms with E-state index < -0.39 is 23.6 Å². The van der Waals surface area contributed by atoms with Crippen LogP contribution in [0.5, 0.6) is 23.0 Å². The number of urea groups is 1. The number of hydrogen-bond acceptors (Lipinski definition) is 6. The Morgan fingerprint density at radius 3 is 2.31 bits per heavy atom. The Bertz CT molecular complexity index is 1430. The van der Waals surface area contributed by atoms with Crippen LogP contribution in [0.4, 0.5) is 19.3 Å². The number of ether oxygens (including phenoxy) is 3. The van der Waals surface area contributed by atoms with Gasteiger partial charge in [0.25, 0.3) is 0 Å². The molecule has 1 aromatic heterocycles. The zero-order chi connectivity index (χ0) is 25.7. The monoisotopic (exact) mass is 493 g/mol. The fraction of sp³-hybridized carbons (Fsp3) is 0.115. The van der Waals surface area contributed by atoms with Crippen molar-refractivity contribution >= 4 is 28.5 Å². The molecule has 0 atom stereocenters. The van der Waals surface area contributed by atoms with E-state index in [4.69, 9.17) is 14.2 Å². The Labute approximate surface area is 204 Å². The number of halogens is 2. The molecule has 1 heterocycles. The quantitative estimate of drug-likeness (QED) is 0.367. The van der Waals surface area contributed by atoms with Crippen molar-refractivity contribution in [3.63, 3.8) is 0 Å². The van der Waals surface area contributed by atoms with Crippen LogP contribution in [0.15, 0.2) is 66.9 Å². The normalized spacial score (nSPS) is 10.6. The van der Waals surface area contributed by atoms with Crippen molar-refractivity contribution < 1.29 is 32.6 Å². The molecule has 0 aliphatic carbocycles. The summed E-state index contributed by atoms with van der Waals surface area (Å²) in [7, 11) is 3.03. The van der Waals surface area contributed by atoms with Gasteiger partial charge in [-0.15, -0.1) is 0 Å². The SMILES string of the molecule is COc1cc2nccc(Oc3ccc(NC(=O)NC(=O)Cc4ccc(F)cc4)c(F)c3)c2cc1OC. The van der Waals surface area contributed by atoms with Crippen molar-refractivity contribution in [3.05, 3.63) is 84.1 Å². The van der Waals surface area contributed by atoms with Gasteiger partial charge in [0, 0.05) is 23.7 Å². The van der Waals surface area contributed by atoms with E-state index in [-0.39, 0.29) is 17.9 Å². The molecule has 0 unspecified atom stereocenters. The van der Waals surface area contributed by atoms with E-state index in [0.717, 1.165) is 6.07 Å². The molecule has 3 aromatic carbocycles. The molecule has 2 N–H and O–H groups in total. The van der Waals surface area contributed by atoms with Crippen molar-refractivity contribution in [2.75, 3.05) is 19.5 Å². The number of pyridine rings is 1. The van der Waals surface area contributed by atoms with Crippen LogP contribution in [0.25, 0.3) is 10.9 Å². The summed E-state index contributed by atoms with van der Waals surface area (Å²) in [5.74, 6) is -0.267. The highest BCUT2D eigenvalue weighted by Crippen LogP contribution is 2.37. The number of carbonyl (C=O) groups excluding carboxylic acids is 2. The molecule has 184 valence electrons. The summed E-state index contributed by atoms with van der Waals surface area (Å²) in [6.07, 6.45) is 1.41. The molecule has 0 spiro atoms. The Balaban J connectivity index is 1.44. The molecule has 0 saturated carbocycles. The third-order valence-electron chi connectivity index (χ3n) is 5.15. The number of hydrogen-bond donors (Lipinski definition) is 2. The highest BCUT2D eigenvalue weighted by atomic mass is 19.1. The molecule has 8 nitrogen and oxygen atoms in total. The van der Waals surface area contributed by atoms with E-state index in [1.807, 2.05) is 0 Å². The van der Waals surface area contributed by atoms with Gasteiger partial charge in [-0.25, -0.2) is 13.6 Å². The maximum atomic E-state index is 14.7. The summed E-state index contributed by atoms with van der Waals surface area (Å²) in [5, 5.41) is 5.01. The standard InChI is InChI=1S/C26H21F2N3O5/c1-34-23-13-18-21(14-24(23)35-2)29-10-9-22(18)36-17-7-8-20(19(28)12-17)30-26(33)31-25(32)11-15-3-5-16(27)6-4-15/h3-10,12-14H,11H2,1-2H3,(H2,30,31,32,33). The van der Waals surface area contributed by atoms with E-state index in [2.05, 4.69) is 15.6 Å². The van der Waals surface area contributed by atoms with Crippen LogP contribution in [0.3, 0.4) is 0 Å². The van der Waals surface area contributed by atoms with Gasteiger partial charge >= 0.3 is 6.03 Å². The summed E-state index contributed by atoms with van der Waals surface area (Å²) in [6, 6.07) is 13.3. The lowest BCUT2D eigenvalue weighted by Crippen LogP contribution is -2.35. The molecule has 0 aliphatic rings. The van der Waals surface area contributed by atoms with Crippen LogP contribution in [0.2, 0.25) is 0 Å². The van der Waals surface area contributed by atoms with Gasteiger partial charge in [-0.1, -0.05) is 12.1 Å². The summed E-state index contributed by atoms with van der Waals surface area (Å²) in [5.41, 5.74) is 0.959. The van der Waals surface area contributed by atoms with Crippen LogP contribution >= 0.6 is 0 Å². The van der Waals surface area contributed by atoms with E-state index >= 15 is 0 Å². The molecular weight excluding hydrogens is 472 g/mol. The number of imide groups is 1. The Morgan fingerprint density at radius 2 is 1.61 bits per heavy atom. The molecule has 36 heavy (non-hydrogen) atoms. The first-order valence-corrected chi connectivity index (χ1v) is 10.7. The first kappa shape index (κ1) is 24.4. The number of anilines is 1. The van der Waals surface area contributed by atoms with Gasteiger partial charge in [-0.05, 0) is 42.0 Å². The van der Waals surface area contributed by atoms with Gasteiger partial charge in [-0.2, -0.15) is 0 Å². The Hall–Kier alpha value is -4.73. The zero-order valence-electron chi connectivity index (χ0n) is 19.3. The Kier molecular flexibility index (Phi) is 7.24. The fourth-order valence-electron chi connectivity index (χ4n) is 3.44. The van der Waals surface area contributed by atoms with Crippen molar-refractivity contribution in [2.45, 2.75) is 6.42 Å². The molecule has 10 heteroatoms. The minimum absolute atomic E-state index is 0.139. The van der Waals surface area contributed by atoms with Gasteiger partial charge in [0.2, 0.25) is 5.91 Å². The second kappa shape index (κ2) is 10.7. The second-order valence-electron chi connectivity index (χ2n) is 7.58. The van der Waals surface area contributed by atoms with E-state index in [9.17, 15) is 18.4 Å². The molecule has 0 aliphatic heterocycles. The lowest BCUT2D eigenvalue weighted by atomic mass is 10.1. The maximum absolute atomic E-state index is 14.7. The summed E-state index contributed by atoms with van der Waals surface area (Å²) in [4.78, 5) is 28.5. The summed E-state index contributed by atoms with van der Waals surface area (Å²) < 4.78 is 44.1. The number of fused-ring (bicyclic) bond motifs is 1. The lowest BCUT2D eigenvalue weighted by Gasteiger charge is -2.13. The largest absolute Gasteiger partial charge is 0.493 e. The summed E-state index contributed by atoms with van der Waals surface area (Å²) >= 11 is 0. The van der Waals surface area contributed by atoms with Gasteiger partial charge in [-0.3, -0.25) is 15.1 Å². The molecule has 0 radical (unpaired) electrons. The van der Waals surface area contributed by atoms with Gasteiger partial charge in [0.1, 0.15) is 23.1 Å². The van der Waals surface area contributed by atoms with Crippen LogP contribution in [-0.2, 0) is 11.2 Å². The molecule has 4 aromatic rings. The predicted molar refractivity (Wildman–Crippen MR) is 129 cm³/mol. The van der Waals surface area contributed by atoms with Gasteiger partial charge < -0.3 is 19.5 Å². The number of amides is 3. The fourth-order valence-corrected chi connectivity index (χ4v) is 3.44. The van der Waals surface area contributed by atoms with E-state index in [1.54, 1.807) is 24.4 Å². The molecule has 3 amide bonds. The third-order valence-corrected chi connectivity index (χ3v) is 5.15. The van der Waals surface area contributed by atoms with Crippen molar-refractivity contribution in [1.29, 1.82) is 0 Å². The second-order valence-corrected chi connectivity index (χ2v) is 7.58. The average Bonchev–Trinajstić information content (AvgIpc) is 2.86. The van der Waals surface area contributed by atoms with E-state index in [1.165, 1.54) is 50.6 Å². The van der Waals surface area contributed by atoms with Crippen molar-refractivity contribution in [2.24, 2.45) is 0 Å². The van der Waals surface area contributed by atoms with Crippen LogP contribution in [-0.4, -0.2) is 31.1 Å². The minimum atomic E-state index is -0.907. The number of nitrogens with zero attached hydrogens (tertiary/aromatic N) is 1. The smallest absolute Gasteiger partial charge is 0.325 e. The van der Waals surface area contributed by atoms with Crippen LogP contribution in [0, 0.1) is 11.6 Å². The number of benzene rings is 3. The van der Waals surface area contributed by atoms with Crippen LogP contribution in [0.1, 0.15) is 5.56 Å². The predicted octanol–water partition coefficient (Wildman–Crippen LogP) is 5.21. The topological polar surface area (TPSA) is 98.8 Å². The lowest BCUT2D eigenvalue weighted by molar-refractivity contribution is -0.119. The van der Waals surface area contributed by atoms with Gasteiger partial charge in [0.05, 0.1) is 31.8 Å². The first-order valence-electron chi connectivity index (χ1n) is 10.7. The highest BCUT2D eigenvalue weighted by molar-refractivity contribution is 6.01. The average molecular weight is 493 g/mol. The molecule has 4 rings (SSSR count). The summed E-state index contributed by atoms with van der Waals surface area (Å²) in [6.45, 7) is 0. The molecular formula is C26H21F2N3O5. The number of carbonyl (C=O) groups is 2. The number of methoxy groups -OCH3 is 2. The zero-order valence-corrected chi connectivity index (χ0v) is 19.3. The van der Waals surface area contributed by atoms with Gasteiger partial charge in [0.15, 0.2) is 11.5 Å². The van der Waals surface area contributed by atoms with Crippen molar-refractivity contribution in [1.82, 2.24) is 10.3 Å². The van der Waals surface area contributed by atoms with E-state index in [0.29, 0.717) is 33.7 Å². The third kappa shape index (κ3) is 5.66. The highest BCUT2D eigenvalue weighted by Gasteiger charge is 2.14. The van der Waals surface area contributed by atoms with Crippen molar-refractivity contribution in [3.8, 4) is 23.0 Å². The number of rotatable bonds is 7. The Morgan fingerprint density at radius 1 is 0.889 bits per heavy atom. The number of nitrogens with one attached hydrogen (secondary N) is 2. The molecule has 0 fully saturated rings. The molecule has 0 bridgehead atoms. The number of aromatic nitrogens is 1. The van der Waals surface area contributed by atoms with Crippen LogP contribution < -0.4 is 24.8 Å².